The average molecular weight is 282 g/mol. The van der Waals surface area contributed by atoms with Crippen LogP contribution < -0.4 is 16.8 Å². The fourth-order valence-corrected chi connectivity index (χ4v) is 1.66. The van der Waals surface area contributed by atoms with Gasteiger partial charge in [-0.3, -0.25) is 0 Å². The first kappa shape index (κ1) is 19.8. The first-order chi connectivity index (χ1) is 7.81. The van der Waals surface area contributed by atoms with E-state index in [4.69, 9.17) is 20.5 Å². The van der Waals surface area contributed by atoms with Crippen molar-refractivity contribution in [1.29, 1.82) is 0 Å². The molecule has 0 aromatic heterocycles. The molecule has 0 radical (unpaired) electrons. The molecule has 0 bridgehead atoms. The summed E-state index contributed by atoms with van der Waals surface area (Å²) in [4.78, 5) is 0. The maximum Gasteiger partial charge on any atom is 0.697 e. The molecular formula is C9H26AlN3O3P+. The van der Waals surface area contributed by atoms with Gasteiger partial charge >= 0.3 is 8.25 Å². The summed E-state index contributed by atoms with van der Waals surface area (Å²) in [6.45, 7) is 4.29. The van der Waals surface area contributed by atoms with Crippen LogP contribution in [0.5, 0.6) is 0 Å². The van der Waals surface area contributed by atoms with Gasteiger partial charge in [0.25, 0.3) is 0 Å². The lowest BCUT2D eigenvalue weighted by Gasteiger charge is -1.97. The van der Waals surface area contributed by atoms with Gasteiger partial charge < -0.3 is 16.8 Å². The fourth-order valence-electron chi connectivity index (χ4n) is 1.03. The van der Waals surface area contributed by atoms with E-state index in [1.165, 1.54) is 0 Å². The van der Waals surface area contributed by atoms with Gasteiger partial charge in [-0.25, -0.2) is 0 Å². The van der Waals surface area contributed by atoms with Crippen molar-refractivity contribution >= 4 is 25.6 Å². The van der Waals surface area contributed by atoms with Crippen LogP contribution >= 0.6 is 8.25 Å². The van der Waals surface area contributed by atoms with E-state index in [9.17, 15) is 4.57 Å². The molecule has 0 aliphatic carbocycles. The lowest BCUT2D eigenvalue weighted by atomic mass is 10.2. The first-order valence-corrected chi connectivity index (χ1v) is 6.74. The van der Waals surface area contributed by atoms with Crippen LogP contribution in [0.25, 0.3) is 0 Å². The third-order valence-electron chi connectivity index (χ3n) is 1.82. The van der Waals surface area contributed by atoms with Crippen molar-refractivity contribution in [2.75, 3.05) is 39.4 Å². The van der Waals surface area contributed by atoms with E-state index in [-0.39, 0.29) is 17.4 Å². The third-order valence-corrected chi connectivity index (χ3v) is 2.61. The molecular weight excluding hydrogens is 256 g/mol. The van der Waals surface area contributed by atoms with Crippen molar-refractivity contribution in [3.63, 3.8) is 0 Å². The van der Waals surface area contributed by atoms with Crippen molar-refractivity contribution < 1.29 is 13.6 Å². The number of nitrogens with two attached hydrogens (primary N) is 2. The Morgan fingerprint density at radius 3 is 1.88 bits per heavy atom. The average Bonchev–Trinajstić information content (AvgIpc) is 2.25. The lowest BCUT2D eigenvalue weighted by molar-refractivity contribution is 0.198. The Balaban J connectivity index is 0. The highest BCUT2D eigenvalue weighted by atomic mass is 31.1. The largest absolute Gasteiger partial charge is 0.697 e. The second-order valence-electron chi connectivity index (χ2n) is 3.28. The summed E-state index contributed by atoms with van der Waals surface area (Å²) in [5.74, 6) is 0. The quantitative estimate of drug-likeness (QED) is 0.353. The first-order valence-electron chi connectivity index (χ1n) is 5.65. The normalized spacial score (nSPS) is 16.0. The standard InChI is InChI=1S/C5H10O3P.C4H13N3.Al.3H/c6-9-7-4-2-1-3-5-8-9;5-1-3-7-4-2-6;;;;/h1-5H2;7H,1-6H2;;;;/q+1;;;;;. The van der Waals surface area contributed by atoms with Gasteiger partial charge in [0.1, 0.15) is 13.2 Å². The topological polar surface area (TPSA) is 99.6 Å². The number of hydrogen-bond acceptors (Lipinski definition) is 6. The predicted molar refractivity (Wildman–Crippen MR) is 74.3 cm³/mol. The van der Waals surface area contributed by atoms with Crippen molar-refractivity contribution in [1.82, 2.24) is 5.32 Å². The monoisotopic (exact) mass is 282 g/mol. The van der Waals surface area contributed by atoms with Gasteiger partial charge in [0.2, 0.25) is 0 Å². The maximum atomic E-state index is 10.5. The molecule has 0 aromatic rings. The summed E-state index contributed by atoms with van der Waals surface area (Å²) in [5, 5.41) is 3.03. The van der Waals surface area contributed by atoms with Gasteiger partial charge in [0, 0.05) is 30.7 Å². The van der Waals surface area contributed by atoms with Crippen LogP contribution in [0.4, 0.5) is 0 Å². The smallest absolute Gasteiger partial charge is 0.329 e. The van der Waals surface area contributed by atoms with Crippen LogP contribution in [0.1, 0.15) is 19.3 Å². The highest BCUT2D eigenvalue weighted by Gasteiger charge is 2.20. The fraction of sp³-hybridized carbons (Fsp3) is 1.00. The molecule has 0 spiro atoms. The van der Waals surface area contributed by atoms with Crippen LogP contribution in [0.3, 0.4) is 0 Å². The summed E-state index contributed by atoms with van der Waals surface area (Å²) in [6.07, 6.45) is 3.12. The molecule has 0 atom stereocenters. The molecule has 0 amide bonds. The molecule has 5 N–H and O–H groups in total. The summed E-state index contributed by atoms with van der Waals surface area (Å²) in [5.41, 5.74) is 10.3. The zero-order valence-corrected chi connectivity index (χ0v) is 10.6. The van der Waals surface area contributed by atoms with Gasteiger partial charge in [-0.15, -0.1) is 9.05 Å². The van der Waals surface area contributed by atoms with E-state index < -0.39 is 8.25 Å². The van der Waals surface area contributed by atoms with Crippen molar-refractivity contribution in [2.24, 2.45) is 11.5 Å². The Morgan fingerprint density at radius 2 is 1.47 bits per heavy atom. The Kier molecular flexibility index (Phi) is 19.1. The molecule has 6 nitrogen and oxygen atoms in total. The zero-order chi connectivity index (χ0) is 12.1. The van der Waals surface area contributed by atoms with E-state index in [0.717, 1.165) is 32.4 Å². The molecule has 1 heterocycles. The van der Waals surface area contributed by atoms with E-state index in [0.29, 0.717) is 26.3 Å². The van der Waals surface area contributed by atoms with Crippen molar-refractivity contribution in [2.45, 2.75) is 19.3 Å². The summed E-state index contributed by atoms with van der Waals surface area (Å²) >= 11 is 0. The van der Waals surface area contributed by atoms with Crippen LogP contribution in [0.15, 0.2) is 0 Å². The van der Waals surface area contributed by atoms with Crippen LogP contribution in [0, 0.1) is 0 Å². The Bertz CT molecular complexity index is 164. The van der Waals surface area contributed by atoms with Crippen molar-refractivity contribution in [3.8, 4) is 0 Å². The van der Waals surface area contributed by atoms with Gasteiger partial charge in [-0.05, 0) is 19.3 Å². The number of rotatable bonds is 4. The highest BCUT2D eigenvalue weighted by Crippen LogP contribution is 2.26. The maximum absolute atomic E-state index is 10.5. The predicted octanol–water partition coefficient (Wildman–Crippen LogP) is -0.830. The molecule has 1 aliphatic heterocycles. The summed E-state index contributed by atoms with van der Waals surface area (Å²) in [6, 6.07) is 0. The van der Waals surface area contributed by atoms with E-state index in [1.807, 2.05) is 0 Å². The molecule has 0 unspecified atom stereocenters. The van der Waals surface area contributed by atoms with E-state index in [1.54, 1.807) is 0 Å². The molecule has 1 fully saturated rings. The second-order valence-corrected chi connectivity index (χ2v) is 4.24. The number of nitrogens with one attached hydrogen (secondary N) is 1. The van der Waals surface area contributed by atoms with Crippen LogP contribution in [-0.4, -0.2) is 56.8 Å². The molecule has 17 heavy (non-hydrogen) atoms. The van der Waals surface area contributed by atoms with Crippen LogP contribution in [-0.2, 0) is 13.6 Å². The van der Waals surface area contributed by atoms with Crippen molar-refractivity contribution in [3.05, 3.63) is 0 Å². The molecule has 1 aliphatic rings. The van der Waals surface area contributed by atoms with E-state index in [2.05, 4.69) is 5.32 Å². The SMILES string of the molecule is NCCNCCN.O=[P+]1OCCCCCO1.[AlH3]. The van der Waals surface area contributed by atoms with Crippen LogP contribution in [0.2, 0.25) is 0 Å². The van der Waals surface area contributed by atoms with Gasteiger partial charge in [-0.2, -0.15) is 0 Å². The molecule has 0 saturated carbocycles. The molecule has 0 aromatic carbocycles. The molecule has 8 heteroatoms. The molecule has 1 saturated heterocycles. The highest BCUT2D eigenvalue weighted by molar-refractivity contribution is 7.33. The summed E-state index contributed by atoms with van der Waals surface area (Å²) in [7, 11) is -1.79. The lowest BCUT2D eigenvalue weighted by Crippen LogP contribution is -2.27. The Hall–Kier alpha value is 0.432. The third kappa shape index (κ3) is 16.4. The van der Waals surface area contributed by atoms with Gasteiger partial charge in [-0.1, -0.05) is 0 Å². The van der Waals surface area contributed by atoms with Gasteiger partial charge in [0.15, 0.2) is 17.4 Å². The van der Waals surface area contributed by atoms with E-state index >= 15 is 0 Å². The zero-order valence-electron chi connectivity index (χ0n) is 9.69. The second kappa shape index (κ2) is 16.4. The summed E-state index contributed by atoms with van der Waals surface area (Å²) < 4.78 is 20.1. The Morgan fingerprint density at radius 1 is 1.00 bits per heavy atom. The van der Waals surface area contributed by atoms with Gasteiger partial charge in [0.05, 0.1) is 0 Å². The molecule has 102 valence electrons. The minimum absolute atomic E-state index is 0. The molecule has 1 rings (SSSR count). The Labute approximate surface area is 115 Å². The minimum Gasteiger partial charge on any atom is -0.329 e. The minimum atomic E-state index is -1.79. The number of hydrogen-bond donors (Lipinski definition) is 3.